The molecule has 0 saturated carbocycles. The van der Waals surface area contributed by atoms with Crippen molar-refractivity contribution in [3.05, 3.63) is 34.6 Å². The van der Waals surface area contributed by atoms with E-state index in [1.807, 2.05) is 0 Å². The number of hydrogen-bond acceptors (Lipinski definition) is 18. The smallest absolute Gasteiger partial charge is 0.870 e. The molecule has 0 aromatic heterocycles. The van der Waals surface area contributed by atoms with Crippen LogP contribution in [0, 0.1) is 0 Å². The largest absolute Gasteiger partial charge is 1.00 e. The van der Waals surface area contributed by atoms with Gasteiger partial charge in [-0.25, -0.2) is 14.4 Å². The van der Waals surface area contributed by atoms with Gasteiger partial charge in [-0.15, -0.1) is 0 Å². The van der Waals surface area contributed by atoms with Gasteiger partial charge in [-0.3, -0.25) is 0 Å². The van der Waals surface area contributed by atoms with Gasteiger partial charge < -0.3 is 75.5 Å². The van der Waals surface area contributed by atoms with Gasteiger partial charge in [0, 0.05) is 19.5 Å². The van der Waals surface area contributed by atoms with E-state index in [1.165, 1.54) is 0 Å². The second-order valence-electron chi connectivity index (χ2n) is 6.91. The fourth-order valence-electron chi connectivity index (χ4n) is 2.45. The van der Waals surface area contributed by atoms with Crippen LogP contribution in [0.1, 0.15) is 0 Å². The van der Waals surface area contributed by atoms with Crippen LogP contribution < -0.4 is 34.7 Å². The number of rotatable bonds is 6. The minimum absolute atomic E-state index is 0. The van der Waals surface area contributed by atoms with Crippen LogP contribution in [0.4, 0.5) is 0 Å². The van der Waals surface area contributed by atoms with Gasteiger partial charge in [0.1, 0.15) is 24.4 Å². The number of aliphatic hydroxyl groups is 11. The molecule has 0 spiro atoms. The van der Waals surface area contributed by atoms with Crippen molar-refractivity contribution in [1.29, 1.82) is 0 Å². The minimum atomic E-state index is -1.48. The Bertz CT molecular complexity index is 829. The maximum atomic E-state index is 10.8. The van der Waals surface area contributed by atoms with Crippen molar-refractivity contribution in [2.75, 3.05) is 19.8 Å². The first-order chi connectivity index (χ1) is 16.7. The Kier molecular flexibility index (Phi) is 16.7. The van der Waals surface area contributed by atoms with Crippen molar-refractivity contribution < 1.29 is 139 Å². The zero-order valence-electron chi connectivity index (χ0n) is 19.6. The van der Waals surface area contributed by atoms with Crippen LogP contribution in [0.25, 0.3) is 0 Å². The number of carbonyl (C=O) groups is 3. The van der Waals surface area contributed by atoms with Gasteiger partial charge in [0.05, 0.1) is 19.8 Å². The Morgan fingerprint density at radius 2 is 0.868 bits per heavy atom. The summed E-state index contributed by atoms with van der Waals surface area (Å²) in [6.45, 7) is -2.05. The number of ether oxygens (including phenoxy) is 3. The fourth-order valence-corrected chi connectivity index (χ4v) is 2.45. The molecule has 0 saturated heterocycles. The summed E-state index contributed by atoms with van der Waals surface area (Å²) in [7, 11) is 0. The Labute approximate surface area is 247 Å². The van der Waals surface area contributed by atoms with Crippen LogP contribution in [0.2, 0.25) is 0 Å². The van der Waals surface area contributed by atoms with Crippen LogP contribution >= 0.6 is 0 Å². The van der Waals surface area contributed by atoms with Crippen LogP contribution in [-0.4, -0.2) is 131 Å². The van der Waals surface area contributed by atoms with Gasteiger partial charge in [0.15, 0.2) is 29.5 Å². The topological polar surface area (TPSA) is 324 Å². The normalized spacial score (nSPS) is 24.5. The van der Waals surface area contributed by atoms with E-state index in [0.717, 1.165) is 0 Å². The SMILES string of the molecule is O=C1O[C@H]([C@@H](O)CO)C(O)=C1O.O=C1O[C@H]([C@@H](O)CO)C(O)=C1O.O=C1O[C@H]([C@@H](O)CO)C([O-])=C1O.[Na+].[Zn]. The minimum Gasteiger partial charge on any atom is -0.870 e. The summed E-state index contributed by atoms with van der Waals surface area (Å²) in [5, 5.41) is 107. The Hall–Kier alpha value is -2.19. The third-order valence-corrected chi connectivity index (χ3v) is 4.41. The number of aliphatic hydroxyl groups excluding tert-OH is 11. The first kappa shape index (κ1) is 38.0. The van der Waals surface area contributed by atoms with Crippen molar-refractivity contribution in [2.45, 2.75) is 36.6 Å². The first-order valence-corrected chi connectivity index (χ1v) is 9.57. The van der Waals surface area contributed by atoms with Crippen molar-refractivity contribution in [1.82, 2.24) is 0 Å². The van der Waals surface area contributed by atoms with E-state index < -0.39 is 109 Å². The van der Waals surface area contributed by atoms with Crippen LogP contribution in [0.5, 0.6) is 0 Å². The number of cyclic esters (lactones) is 3. The van der Waals surface area contributed by atoms with Gasteiger partial charge in [-0.05, 0) is 5.76 Å². The summed E-state index contributed by atoms with van der Waals surface area (Å²) < 4.78 is 12.9. The summed E-state index contributed by atoms with van der Waals surface area (Å²) >= 11 is 0. The van der Waals surface area contributed by atoms with Crippen molar-refractivity contribution in [2.24, 2.45) is 0 Å². The zero-order chi connectivity index (χ0) is 27.9. The summed E-state index contributed by atoms with van der Waals surface area (Å²) in [5.41, 5.74) is 0. The van der Waals surface area contributed by atoms with Gasteiger partial charge in [-0.2, -0.15) is 0 Å². The summed E-state index contributed by atoms with van der Waals surface area (Å²) in [5.74, 6) is -8.76. The standard InChI is InChI=1S/3C6H8O6.Na.Zn/c3*7-1-2(8)5-3(9)4(10)6(11)12-5;;/h3*2,5,7-10H,1H2;;/q;;;+1;/p-1/t3*2-,5+;;/m000../s1. The molecule has 0 radical (unpaired) electrons. The van der Waals surface area contributed by atoms with E-state index in [4.69, 9.17) is 56.2 Å². The molecule has 0 amide bonds. The third kappa shape index (κ3) is 8.94. The zero-order valence-corrected chi connectivity index (χ0v) is 24.5. The molecule has 0 aromatic carbocycles. The van der Waals surface area contributed by atoms with Crippen molar-refractivity contribution >= 4 is 17.9 Å². The first-order valence-electron chi connectivity index (χ1n) is 9.57. The van der Waals surface area contributed by atoms with Gasteiger partial charge in [0.25, 0.3) is 0 Å². The second-order valence-corrected chi connectivity index (χ2v) is 6.91. The molecule has 0 aliphatic carbocycles. The molecule has 6 atom stereocenters. The van der Waals surface area contributed by atoms with Gasteiger partial charge >= 0.3 is 47.5 Å². The molecule has 3 rings (SSSR count). The molecule has 206 valence electrons. The van der Waals surface area contributed by atoms with Crippen LogP contribution in [0.15, 0.2) is 34.6 Å². The number of esters is 3. The average Bonchev–Trinajstić information content (AvgIpc) is 3.40. The van der Waals surface area contributed by atoms with Crippen LogP contribution in [0.3, 0.4) is 0 Å². The van der Waals surface area contributed by atoms with E-state index in [0.29, 0.717) is 0 Å². The maximum Gasteiger partial charge on any atom is 1.00 e. The van der Waals surface area contributed by atoms with E-state index in [9.17, 15) is 19.5 Å². The van der Waals surface area contributed by atoms with Crippen molar-refractivity contribution in [3.8, 4) is 0 Å². The maximum absolute atomic E-state index is 10.8. The number of carbonyl (C=O) groups excluding carboxylic acids is 3. The molecular formula is C18H23NaO18Zn. The Morgan fingerprint density at radius 3 is 1.08 bits per heavy atom. The molecule has 20 heteroatoms. The van der Waals surface area contributed by atoms with Gasteiger partial charge in [-0.1, -0.05) is 0 Å². The van der Waals surface area contributed by atoms with E-state index in [1.54, 1.807) is 0 Å². The predicted octanol–water partition coefficient (Wildman–Crippen LogP) is -8.42. The molecule has 0 unspecified atom stereocenters. The van der Waals surface area contributed by atoms with Gasteiger partial charge in [0.2, 0.25) is 11.5 Å². The van der Waals surface area contributed by atoms with E-state index in [-0.39, 0.29) is 49.0 Å². The molecule has 38 heavy (non-hydrogen) atoms. The Balaban J connectivity index is 0. The predicted molar refractivity (Wildman–Crippen MR) is 103 cm³/mol. The molecule has 3 aliphatic rings. The molecule has 0 fully saturated rings. The molecule has 0 bridgehead atoms. The summed E-state index contributed by atoms with van der Waals surface area (Å²) in [4.78, 5) is 31.6. The molecule has 18 nitrogen and oxygen atoms in total. The Morgan fingerprint density at radius 1 is 0.605 bits per heavy atom. The molecular weight excluding hydrogens is 593 g/mol. The van der Waals surface area contributed by atoms with E-state index >= 15 is 0 Å². The summed E-state index contributed by atoms with van der Waals surface area (Å²) in [6, 6.07) is 0. The molecule has 0 aromatic rings. The number of hydrogen-bond donors (Lipinski definition) is 11. The molecule has 3 aliphatic heterocycles. The third-order valence-electron chi connectivity index (χ3n) is 4.41. The molecule has 3 heterocycles. The fraction of sp³-hybridized carbons (Fsp3) is 0.500. The summed E-state index contributed by atoms with van der Waals surface area (Å²) in [6.07, 6.45) is -8.50. The average molecular weight is 616 g/mol. The van der Waals surface area contributed by atoms with E-state index in [2.05, 4.69) is 14.2 Å². The quantitative estimate of drug-likeness (QED) is 0.0750. The molecule has 11 N–H and O–H groups in total. The van der Waals surface area contributed by atoms with Crippen molar-refractivity contribution in [3.63, 3.8) is 0 Å². The van der Waals surface area contributed by atoms with Crippen LogP contribution in [-0.2, 0) is 48.1 Å². The second kappa shape index (κ2) is 16.7. The monoisotopic (exact) mass is 614 g/mol.